The second-order valence-electron chi connectivity index (χ2n) is 5.08. The fraction of sp³-hybridized carbons (Fsp3) is 0.571. The highest BCUT2D eigenvalue weighted by Crippen LogP contribution is 2.30. The van der Waals surface area contributed by atoms with Crippen LogP contribution in [0.5, 0.6) is 0 Å². The van der Waals surface area contributed by atoms with Gasteiger partial charge < -0.3 is 4.74 Å². The van der Waals surface area contributed by atoms with Gasteiger partial charge in [0.25, 0.3) is 0 Å². The van der Waals surface area contributed by atoms with E-state index in [-0.39, 0.29) is 17.4 Å². The Balaban J connectivity index is 2.97. The minimum Gasteiger partial charge on any atom is -0.461 e. The molecule has 3 nitrogen and oxygen atoms in total. The molecular formula is C14H21NO2. The molecule has 1 unspecified atom stereocenters. The number of allylic oxidation sites excluding steroid dienone is 1. The molecule has 17 heavy (non-hydrogen) atoms. The third-order valence-corrected chi connectivity index (χ3v) is 2.69. The molecule has 1 rings (SSSR count). The standard InChI is InChI=1S/C14H21NO2/c1-6-17-13(16)11-7-8-14(4,5)12(15-11)9-10(2)3/h7-9,12H,6H2,1-5H3. The maximum Gasteiger partial charge on any atom is 0.356 e. The number of carbonyl (C=O) groups is 1. The van der Waals surface area contributed by atoms with Crippen LogP contribution < -0.4 is 0 Å². The van der Waals surface area contributed by atoms with E-state index in [9.17, 15) is 4.79 Å². The molecule has 1 aliphatic rings. The first-order valence-corrected chi connectivity index (χ1v) is 5.96. The van der Waals surface area contributed by atoms with Crippen molar-refractivity contribution in [2.24, 2.45) is 10.4 Å². The summed E-state index contributed by atoms with van der Waals surface area (Å²) in [6, 6.07) is -0.00286. The highest BCUT2D eigenvalue weighted by molar-refractivity contribution is 6.41. The first kappa shape index (κ1) is 13.7. The first-order chi connectivity index (χ1) is 7.86. The summed E-state index contributed by atoms with van der Waals surface area (Å²) in [6.07, 6.45) is 5.87. The van der Waals surface area contributed by atoms with E-state index >= 15 is 0 Å². The molecule has 0 amide bonds. The molecule has 0 aromatic rings. The molecule has 0 spiro atoms. The fourth-order valence-corrected chi connectivity index (χ4v) is 1.65. The van der Waals surface area contributed by atoms with Gasteiger partial charge in [0, 0.05) is 5.41 Å². The summed E-state index contributed by atoms with van der Waals surface area (Å²) < 4.78 is 4.96. The largest absolute Gasteiger partial charge is 0.461 e. The summed E-state index contributed by atoms with van der Waals surface area (Å²) in [7, 11) is 0. The van der Waals surface area contributed by atoms with E-state index in [2.05, 4.69) is 24.9 Å². The van der Waals surface area contributed by atoms with Crippen LogP contribution in [-0.4, -0.2) is 24.3 Å². The van der Waals surface area contributed by atoms with Gasteiger partial charge in [-0.1, -0.05) is 31.6 Å². The Morgan fingerprint density at radius 1 is 1.53 bits per heavy atom. The van der Waals surface area contributed by atoms with Crippen molar-refractivity contribution in [3.8, 4) is 0 Å². The molecule has 0 aromatic heterocycles. The topological polar surface area (TPSA) is 38.7 Å². The summed E-state index contributed by atoms with van der Waals surface area (Å²) >= 11 is 0. The summed E-state index contributed by atoms with van der Waals surface area (Å²) in [5.74, 6) is -0.341. The normalized spacial score (nSPS) is 21.7. The van der Waals surface area contributed by atoms with Crippen molar-refractivity contribution in [3.63, 3.8) is 0 Å². The molecule has 0 fully saturated rings. The van der Waals surface area contributed by atoms with Crippen molar-refractivity contribution >= 4 is 11.7 Å². The number of rotatable bonds is 3. The van der Waals surface area contributed by atoms with Gasteiger partial charge in [-0.15, -0.1) is 0 Å². The molecule has 0 aromatic carbocycles. The maximum absolute atomic E-state index is 11.6. The second-order valence-corrected chi connectivity index (χ2v) is 5.08. The van der Waals surface area contributed by atoms with E-state index in [0.717, 1.165) is 0 Å². The van der Waals surface area contributed by atoms with Crippen LogP contribution in [0.25, 0.3) is 0 Å². The number of nitrogens with zero attached hydrogens (tertiary/aromatic N) is 1. The zero-order chi connectivity index (χ0) is 13.1. The number of aliphatic imine (C=N–C) groups is 1. The number of esters is 1. The Hall–Kier alpha value is -1.38. The lowest BCUT2D eigenvalue weighted by molar-refractivity contribution is -0.134. The Labute approximate surface area is 103 Å². The third kappa shape index (κ3) is 3.55. The van der Waals surface area contributed by atoms with Crippen molar-refractivity contribution in [1.29, 1.82) is 0 Å². The molecule has 0 aliphatic carbocycles. The van der Waals surface area contributed by atoms with Crippen molar-refractivity contribution in [2.75, 3.05) is 6.61 Å². The predicted octanol–water partition coefficient (Wildman–Crippen LogP) is 2.92. The molecule has 0 saturated carbocycles. The van der Waals surface area contributed by atoms with Crippen molar-refractivity contribution < 1.29 is 9.53 Å². The molecule has 0 bridgehead atoms. The van der Waals surface area contributed by atoms with E-state index in [1.54, 1.807) is 13.0 Å². The maximum atomic E-state index is 11.6. The molecule has 0 saturated heterocycles. The van der Waals surface area contributed by atoms with Crippen molar-refractivity contribution in [2.45, 2.75) is 40.7 Å². The third-order valence-electron chi connectivity index (χ3n) is 2.69. The van der Waals surface area contributed by atoms with Gasteiger partial charge in [0.05, 0.1) is 12.6 Å². The average Bonchev–Trinajstić information content (AvgIpc) is 2.20. The fourth-order valence-electron chi connectivity index (χ4n) is 1.65. The van der Waals surface area contributed by atoms with Gasteiger partial charge in [0.1, 0.15) is 5.71 Å². The van der Waals surface area contributed by atoms with Crippen LogP contribution in [0.3, 0.4) is 0 Å². The smallest absolute Gasteiger partial charge is 0.356 e. The summed E-state index contributed by atoms with van der Waals surface area (Å²) in [6.45, 7) is 10.5. The molecule has 1 heterocycles. The lowest BCUT2D eigenvalue weighted by Gasteiger charge is -2.30. The van der Waals surface area contributed by atoms with E-state index < -0.39 is 0 Å². The van der Waals surface area contributed by atoms with Gasteiger partial charge >= 0.3 is 5.97 Å². The van der Waals surface area contributed by atoms with E-state index in [1.165, 1.54) is 5.57 Å². The van der Waals surface area contributed by atoms with Gasteiger partial charge in [-0.3, -0.25) is 4.99 Å². The molecule has 3 heteroatoms. The molecular weight excluding hydrogens is 214 g/mol. The Kier molecular flexibility index (Phi) is 4.27. The number of ether oxygens (including phenoxy) is 1. The lowest BCUT2D eigenvalue weighted by atomic mass is 9.81. The van der Waals surface area contributed by atoms with Gasteiger partial charge in [0.15, 0.2) is 0 Å². The highest BCUT2D eigenvalue weighted by Gasteiger charge is 2.29. The van der Waals surface area contributed by atoms with E-state index in [0.29, 0.717) is 12.3 Å². The summed E-state index contributed by atoms with van der Waals surface area (Å²) in [4.78, 5) is 16.1. The zero-order valence-electron chi connectivity index (χ0n) is 11.3. The van der Waals surface area contributed by atoms with Crippen LogP contribution in [0.15, 0.2) is 28.8 Å². The van der Waals surface area contributed by atoms with Gasteiger partial charge in [-0.05, 0) is 26.8 Å². The minimum absolute atomic E-state index is 0.00286. The van der Waals surface area contributed by atoms with Crippen LogP contribution in [-0.2, 0) is 9.53 Å². The quantitative estimate of drug-likeness (QED) is 0.557. The highest BCUT2D eigenvalue weighted by atomic mass is 16.5. The molecule has 94 valence electrons. The SMILES string of the molecule is CCOC(=O)C1=NC(C=C(C)C)C(C)(C)C=C1. The van der Waals surface area contributed by atoms with Gasteiger partial charge in [-0.25, -0.2) is 4.79 Å². The molecule has 0 N–H and O–H groups in total. The second kappa shape index (κ2) is 5.30. The number of carbonyl (C=O) groups excluding carboxylic acids is 1. The van der Waals surface area contributed by atoms with E-state index in [1.807, 2.05) is 19.9 Å². The predicted molar refractivity (Wildman–Crippen MR) is 70.2 cm³/mol. The van der Waals surface area contributed by atoms with Crippen LogP contribution in [0.4, 0.5) is 0 Å². The molecule has 1 atom stereocenters. The van der Waals surface area contributed by atoms with Crippen molar-refractivity contribution in [3.05, 3.63) is 23.8 Å². The lowest BCUT2D eigenvalue weighted by Crippen LogP contribution is -2.31. The van der Waals surface area contributed by atoms with Gasteiger partial charge in [-0.2, -0.15) is 0 Å². The Morgan fingerprint density at radius 2 is 2.18 bits per heavy atom. The number of dihydropyridines is 1. The zero-order valence-corrected chi connectivity index (χ0v) is 11.3. The summed E-state index contributed by atoms with van der Waals surface area (Å²) in [5.41, 5.74) is 1.55. The summed E-state index contributed by atoms with van der Waals surface area (Å²) in [5, 5.41) is 0. The molecule has 1 aliphatic heterocycles. The van der Waals surface area contributed by atoms with Crippen LogP contribution in [0.2, 0.25) is 0 Å². The number of hydrogen-bond donors (Lipinski definition) is 0. The Bertz CT molecular complexity index is 385. The number of hydrogen-bond acceptors (Lipinski definition) is 3. The monoisotopic (exact) mass is 235 g/mol. The van der Waals surface area contributed by atoms with E-state index in [4.69, 9.17) is 4.74 Å². The van der Waals surface area contributed by atoms with Gasteiger partial charge in [0.2, 0.25) is 0 Å². The molecule has 0 radical (unpaired) electrons. The Morgan fingerprint density at radius 3 is 2.71 bits per heavy atom. The van der Waals surface area contributed by atoms with Crippen LogP contribution >= 0.6 is 0 Å². The van der Waals surface area contributed by atoms with Crippen molar-refractivity contribution in [1.82, 2.24) is 0 Å². The minimum atomic E-state index is -0.341. The van der Waals surface area contributed by atoms with Crippen LogP contribution in [0, 0.1) is 5.41 Å². The van der Waals surface area contributed by atoms with Crippen LogP contribution in [0.1, 0.15) is 34.6 Å². The first-order valence-electron chi connectivity index (χ1n) is 5.96. The average molecular weight is 235 g/mol.